The summed E-state index contributed by atoms with van der Waals surface area (Å²) in [6, 6.07) is 7.62. The number of carbonyl (C=O) groups is 2. The SMILES string of the molecule is COC(=O)N1c2ccccc2C2(CC=C(C)C)CC(=O)OC12. The fourth-order valence-electron chi connectivity index (χ4n) is 3.34. The number of ether oxygens (including phenoxy) is 2. The van der Waals surface area contributed by atoms with Crippen LogP contribution in [0, 0.1) is 0 Å². The topological polar surface area (TPSA) is 55.8 Å². The zero-order valence-electron chi connectivity index (χ0n) is 13.0. The first-order valence-electron chi connectivity index (χ1n) is 7.29. The Kier molecular flexibility index (Phi) is 3.43. The van der Waals surface area contributed by atoms with Gasteiger partial charge in [0.1, 0.15) is 0 Å². The molecule has 0 aliphatic carbocycles. The number of hydrogen-bond donors (Lipinski definition) is 0. The number of carbonyl (C=O) groups excluding carboxylic acids is 2. The molecule has 0 aromatic heterocycles. The molecule has 0 bridgehead atoms. The zero-order chi connectivity index (χ0) is 15.9. The highest BCUT2D eigenvalue weighted by atomic mass is 16.6. The largest absolute Gasteiger partial charge is 0.452 e. The quantitative estimate of drug-likeness (QED) is 0.622. The van der Waals surface area contributed by atoms with Crippen molar-refractivity contribution in [2.75, 3.05) is 12.0 Å². The molecule has 0 N–H and O–H groups in total. The van der Waals surface area contributed by atoms with Crippen molar-refractivity contribution in [2.24, 2.45) is 0 Å². The maximum atomic E-state index is 12.2. The molecular weight excluding hydrogens is 282 g/mol. The van der Waals surface area contributed by atoms with E-state index in [9.17, 15) is 9.59 Å². The lowest BCUT2D eigenvalue weighted by molar-refractivity contribution is -0.141. The summed E-state index contributed by atoms with van der Waals surface area (Å²) in [5, 5.41) is 0. The minimum atomic E-state index is -0.638. The van der Waals surface area contributed by atoms with Crippen LogP contribution in [-0.4, -0.2) is 25.4 Å². The van der Waals surface area contributed by atoms with Gasteiger partial charge in [0.2, 0.25) is 0 Å². The van der Waals surface area contributed by atoms with Crippen molar-refractivity contribution < 1.29 is 19.1 Å². The third kappa shape index (κ3) is 2.00. The van der Waals surface area contributed by atoms with Crippen LogP contribution in [0.3, 0.4) is 0 Å². The van der Waals surface area contributed by atoms with Crippen molar-refractivity contribution in [1.29, 1.82) is 0 Å². The highest BCUT2D eigenvalue weighted by molar-refractivity contribution is 5.94. The van der Waals surface area contributed by atoms with Crippen molar-refractivity contribution in [3.8, 4) is 0 Å². The lowest BCUT2D eigenvalue weighted by atomic mass is 9.76. The van der Waals surface area contributed by atoms with Crippen LogP contribution in [0.2, 0.25) is 0 Å². The number of hydrogen-bond acceptors (Lipinski definition) is 4. The number of fused-ring (bicyclic) bond motifs is 3. The van der Waals surface area contributed by atoms with Crippen LogP contribution < -0.4 is 4.90 Å². The highest BCUT2D eigenvalue weighted by Crippen LogP contribution is 2.53. The van der Waals surface area contributed by atoms with Gasteiger partial charge in [-0.15, -0.1) is 0 Å². The van der Waals surface area contributed by atoms with Crippen molar-refractivity contribution >= 4 is 17.7 Å². The van der Waals surface area contributed by atoms with Crippen LogP contribution >= 0.6 is 0 Å². The smallest absolute Gasteiger partial charge is 0.417 e. The van der Waals surface area contributed by atoms with E-state index in [4.69, 9.17) is 9.47 Å². The molecule has 2 aliphatic heterocycles. The number of methoxy groups -OCH3 is 1. The minimum absolute atomic E-state index is 0.270. The summed E-state index contributed by atoms with van der Waals surface area (Å²) < 4.78 is 10.4. The van der Waals surface area contributed by atoms with E-state index in [0.717, 1.165) is 11.3 Å². The van der Waals surface area contributed by atoms with Gasteiger partial charge in [0.05, 0.1) is 24.6 Å². The lowest BCUT2D eigenvalue weighted by Gasteiger charge is -2.28. The monoisotopic (exact) mass is 301 g/mol. The van der Waals surface area contributed by atoms with E-state index in [0.29, 0.717) is 6.42 Å². The van der Waals surface area contributed by atoms with Crippen LogP contribution in [0.1, 0.15) is 32.3 Å². The summed E-state index contributed by atoms with van der Waals surface area (Å²) in [6.07, 6.45) is 1.86. The Balaban J connectivity index is 2.15. The molecule has 2 heterocycles. The molecule has 0 radical (unpaired) electrons. The van der Waals surface area contributed by atoms with Crippen LogP contribution in [0.5, 0.6) is 0 Å². The van der Waals surface area contributed by atoms with E-state index in [1.165, 1.54) is 17.6 Å². The molecule has 5 heteroatoms. The summed E-state index contributed by atoms with van der Waals surface area (Å²) in [4.78, 5) is 25.6. The van der Waals surface area contributed by atoms with Crippen LogP contribution in [0.25, 0.3) is 0 Å². The fraction of sp³-hybridized carbons (Fsp3) is 0.412. The molecule has 2 atom stereocenters. The summed E-state index contributed by atoms with van der Waals surface area (Å²) in [7, 11) is 1.33. The van der Waals surface area contributed by atoms with Crippen molar-refractivity contribution in [3.05, 3.63) is 41.5 Å². The lowest BCUT2D eigenvalue weighted by Crippen LogP contribution is -2.45. The van der Waals surface area contributed by atoms with Crippen LogP contribution in [-0.2, 0) is 19.7 Å². The number of allylic oxidation sites excluding steroid dienone is 2. The van der Waals surface area contributed by atoms with Crippen molar-refractivity contribution in [1.82, 2.24) is 0 Å². The third-order valence-electron chi connectivity index (χ3n) is 4.36. The van der Waals surface area contributed by atoms with Gasteiger partial charge in [-0.05, 0) is 31.9 Å². The number of esters is 1. The zero-order valence-corrected chi connectivity index (χ0v) is 13.0. The first kappa shape index (κ1) is 14.6. The fourth-order valence-corrected chi connectivity index (χ4v) is 3.34. The van der Waals surface area contributed by atoms with Gasteiger partial charge in [-0.3, -0.25) is 4.79 Å². The van der Waals surface area contributed by atoms with Crippen molar-refractivity contribution in [2.45, 2.75) is 38.3 Å². The summed E-state index contributed by atoms with van der Waals surface area (Å²) >= 11 is 0. The second-order valence-corrected chi connectivity index (χ2v) is 6.02. The molecule has 2 aliphatic rings. The predicted octanol–water partition coefficient (Wildman–Crippen LogP) is 3.14. The Hall–Kier alpha value is -2.30. The first-order chi connectivity index (χ1) is 10.5. The summed E-state index contributed by atoms with van der Waals surface area (Å²) in [5.41, 5.74) is 2.36. The van der Waals surface area contributed by atoms with Crippen LogP contribution in [0.4, 0.5) is 10.5 Å². The number of amides is 1. The van der Waals surface area contributed by atoms with Crippen molar-refractivity contribution in [3.63, 3.8) is 0 Å². The second kappa shape index (κ2) is 5.16. The Morgan fingerprint density at radius 2 is 2.18 bits per heavy atom. The summed E-state index contributed by atoms with van der Waals surface area (Å²) in [5.74, 6) is -0.282. The first-order valence-corrected chi connectivity index (χ1v) is 7.29. The van der Waals surface area contributed by atoms with Gasteiger partial charge in [-0.1, -0.05) is 29.8 Å². The molecule has 0 spiro atoms. The van der Waals surface area contributed by atoms with Gasteiger partial charge in [0.25, 0.3) is 0 Å². The van der Waals surface area contributed by atoms with Gasteiger partial charge in [-0.2, -0.15) is 0 Å². The summed E-state index contributed by atoms with van der Waals surface area (Å²) in [6.45, 7) is 4.03. The van der Waals surface area contributed by atoms with Gasteiger partial charge in [0, 0.05) is 0 Å². The molecule has 0 saturated carbocycles. The van der Waals surface area contributed by atoms with Gasteiger partial charge in [0.15, 0.2) is 6.23 Å². The third-order valence-corrected chi connectivity index (χ3v) is 4.36. The van der Waals surface area contributed by atoms with E-state index in [1.54, 1.807) is 0 Å². The molecule has 2 unspecified atom stereocenters. The Labute approximate surface area is 129 Å². The van der Waals surface area contributed by atoms with Crippen LogP contribution in [0.15, 0.2) is 35.9 Å². The molecule has 1 amide bonds. The van der Waals surface area contributed by atoms with E-state index >= 15 is 0 Å². The number of nitrogens with zero attached hydrogens (tertiary/aromatic N) is 1. The second-order valence-electron chi connectivity index (χ2n) is 6.02. The maximum absolute atomic E-state index is 12.2. The Bertz CT molecular complexity index is 662. The molecule has 1 aromatic carbocycles. The highest BCUT2D eigenvalue weighted by Gasteiger charge is 2.60. The van der Waals surface area contributed by atoms with Gasteiger partial charge >= 0.3 is 12.1 Å². The Morgan fingerprint density at radius 3 is 2.86 bits per heavy atom. The number of para-hydroxylation sites is 1. The molecule has 1 aromatic rings. The van der Waals surface area contributed by atoms with E-state index in [1.807, 2.05) is 38.1 Å². The Morgan fingerprint density at radius 1 is 1.45 bits per heavy atom. The molecular formula is C17H19NO4. The molecule has 3 rings (SSSR count). The molecule has 1 fully saturated rings. The average molecular weight is 301 g/mol. The minimum Gasteiger partial charge on any atom is -0.452 e. The predicted molar refractivity (Wildman–Crippen MR) is 81.5 cm³/mol. The molecule has 5 nitrogen and oxygen atoms in total. The van der Waals surface area contributed by atoms with Gasteiger partial charge < -0.3 is 9.47 Å². The van der Waals surface area contributed by atoms with E-state index in [2.05, 4.69) is 6.08 Å². The molecule has 1 saturated heterocycles. The number of benzene rings is 1. The normalized spacial score (nSPS) is 25.3. The standard InChI is InChI=1S/C17H19NO4/c1-11(2)8-9-17-10-14(19)22-15(17)18(16(20)21-3)13-7-5-4-6-12(13)17/h4-8,15H,9-10H2,1-3H3. The number of anilines is 1. The van der Waals surface area contributed by atoms with E-state index in [-0.39, 0.29) is 12.4 Å². The number of rotatable bonds is 2. The molecule has 116 valence electrons. The van der Waals surface area contributed by atoms with Gasteiger partial charge in [-0.25, -0.2) is 9.69 Å². The van der Waals surface area contributed by atoms with E-state index < -0.39 is 17.7 Å². The average Bonchev–Trinajstić information content (AvgIpc) is 2.95. The maximum Gasteiger partial charge on any atom is 0.417 e. The molecule has 22 heavy (non-hydrogen) atoms.